The molecule has 0 aromatic carbocycles. The number of urea groups is 1. The number of allylic oxidation sites excluding steroid dienone is 2. The van der Waals surface area contributed by atoms with E-state index < -0.39 is 0 Å². The molecule has 1 fully saturated rings. The highest BCUT2D eigenvalue weighted by Crippen LogP contribution is 2.22. The van der Waals surface area contributed by atoms with Crippen LogP contribution >= 0.6 is 0 Å². The lowest BCUT2D eigenvalue weighted by Crippen LogP contribution is -2.30. The quantitative estimate of drug-likeness (QED) is 0.481. The maximum atomic E-state index is 11.2. The van der Waals surface area contributed by atoms with Crippen LogP contribution in [-0.2, 0) is 4.79 Å². The van der Waals surface area contributed by atoms with Gasteiger partial charge >= 0.3 is 6.03 Å². The number of rotatable bonds is 2. The molecule has 0 saturated carbocycles. The van der Waals surface area contributed by atoms with Gasteiger partial charge in [-0.05, 0) is 25.2 Å². The summed E-state index contributed by atoms with van der Waals surface area (Å²) in [5.74, 6) is 0.263. The van der Waals surface area contributed by atoms with E-state index in [-0.39, 0.29) is 18.0 Å². The fraction of sp³-hybridized carbons (Fsp3) is 0.556. The minimum absolute atomic E-state index is 0.190. The van der Waals surface area contributed by atoms with Gasteiger partial charge < -0.3 is 5.32 Å². The normalized spacial score (nSPS) is 32.0. The van der Waals surface area contributed by atoms with Gasteiger partial charge in [0.25, 0.3) is 5.91 Å². The van der Waals surface area contributed by atoms with Gasteiger partial charge in [-0.15, -0.1) is 0 Å². The Balaban J connectivity index is 1.91. The molecule has 4 heteroatoms. The molecule has 3 amide bonds. The Labute approximate surface area is 76.4 Å². The number of amides is 3. The molecule has 70 valence electrons. The summed E-state index contributed by atoms with van der Waals surface area (Å²) in [6.07, 6.45) is 7.16. The first-order chi connectivity index (χ1) is 6.25. The summed E-state index contributed by atoms with van der Waals surface area (Å²) in [4.78, 5) is 21.9. The monoisotopic (exact) mass is 180 g/mol. The zero-order chi connectivity index (χ0) is 9.26. The Morgan fingerprint density at radius 3 is 2.85 bits per heavy atom. The molecule has 2 N–H and O–H groups in total. The summed E-state index contributed by atoms with van der Waals surface area (Å²) < 4.78 is 0. The van der Waals surface area contributed by atoms with Crippen LogP contribution in [0.2, 0.25) is 0 Å². The minimum Gasteiger partial charge on any atom is -0.326 e. The van der Waals surface area contributed by atoms with Crippen molar-refractivity contribution < 1.29 is 9.59 Å². The first-order valence-electron chi connectivity index (χ1n) is 4.54. The van der Waals surface area contributed by atoms with Gasteiger partial charge in [0.2, 0.25) is 0 Å². The fourth-order valence-corrected chi connectivity index (χ4v) is 1.82. The number of hydrogen-bond acceptors (Lipinski definition) is 2. The van der Waals surface area contributed by atoms with Gasteiger partial charge in [0.05, 0.1) is 0 Å². The van der Waals surface area contributed by atoms with Gasteiger partial charge in [0.1, 0.15) is 6.04 Å². The van der Waals surface area contributed by atoms with Crippen molar-refractivity contribution in [2.24, 2.45) is 5.92 Å². The van der Waals surface area contributed by atoms with E-state index in [0.717, 1.165) is 19.3 Å². The molecule has 2 unspecified atom stereocenters. The average molecular weight is 180 g/mol. The fourth-order valence-electron chi connectivity index (χ4n) is 1.82. The standard InChI is InChI=1S/C9H12N2O2/c12-8-7(10-9(13)11-8)5-6-3-1-2-4-6/h1,3,6-7H,2,4-5H2,(H2,10,11,12,13). The molecule has 1 saturated heterocycles. The Hall–Kier alpha value is -1.32. The van der Waals surface area contributed by atoms with E-state index in [2.05, 4.69) is 22.8 Å². The van der Waals surface area contributed by atoms with Gasteiger partial charge in [0.15, 0.2) is 0 Å². The molecule has 0 bridgehead atoms. The van der Waals surface area contributed by atoms with Crippen molar-refractivity contribution in [1.82, 2.24) is 10.6 Å². The van der Waals surface area contributed by atoms with Gasteiger partial charge in [-0.1, -0.05) is 12.2 Å². The van der Waals surface area contributed by atoms with Crippen LogP contribution in [0.4, 0.5) is 4.79 Å². The van der Waals surface area contributed by atoms with E-state index in [1.807, 2.05) is 0 Å². The zero-order valence-corrected chi connectivity index (χ0v) is 7.25. The molecule has 1 aliphatic heterocycles. The molecule has 2 aliphatic rings. The third kappa shape index (κ3) is 1.71. The molecule has 0 aromatic rings. The maximum absolute atomic E-state index is 11.2. The van der Waals surface area contributed by atoms with Crippen LogP contribution in [-0.4, -0.2) is 18.0 Å². The molecule has 0 radical (unpaired) electrons. The van der Waals surface area contributed by atoms with Crippen molar-refractivity contribution in [1.29, 1.82) is 0 Å². The summed E-state index contributed by atoms with van der Waals surface area (Å²) in [5.41, 5.74) is 0. The van der Waals surface area contributed by atoms with Crippen molar-refractivity contribution >= 4 is 11.9 Å². The van der Waals surface area contributed by atoms with Crippen molar-refractivity contribution in [3.8, 4) is 0 Å². The summed E-state index contributed by atoms with van der Waals surface area (Å²) in [7, 11) is 0. The highest BCUT2D eigenvalue weighted by Gasteiger charge is 2.31. The predicted molar refractivity (Wildman–Crippen MR) is 46.9 cm³/mol. The minimum atomic E-state index is -0.364. The maximum Gasteiger partial charge on any atom is 0.322 e. The Morgan fingerprint density at radius 1 is 1.46 bits per heavy atom. The van der Waals surface area contributed by atoms with Gasteiger partial charge in [0, 0.05) is 0 Å². The third-order valence-corrected chi connectivity index (χ3v) is 2.51. The van der Waals surface area contributed by atoms with Crippen molar-refractivity contribution in [3.63, 3.8) is 0 Å². The average Bonchev–Trinajstić information content (AvgIpc) is 2.63. The van der Waals surface area contributed by atoms with E-state index in [0.29, 0.717) is 5.92 Å². The summed E-state index contributed by atoms with van der Waals surface area (Å²) >= 11 is 0. The second-order valence-corrected chi connectivity index (χ2v) is 3.52. The number of nitrogens with one attached hydrogen (secondary N) is 2. The SMILES string of the molecule is O=C1NC(=O)C(CC2C=CCC2)N1. The molecular weight excluding hydrogens is 168 g/mol. The molecule has 0 spiro atoms. The number of carbonyl (C=O) groups excluding carboxylic acids is 2. The number of carbonyl (C=O) groups is 2. The summed E-state index contributed by atoms with van der Waals surface area (Å²) in [6, 6.07) is -0.683. The molecule has 2 atom stereocenters. The molecule has 1 heterocycles. The lowest BCUT2D eigenvalue weighted by Gasteiger charge is -2.11. The summed E-state index contributed by atoms with van der Waals surface area (Å²) in [5, 5.41) is 4.82. The summed E-state index contributed by atoms with van der Waals surface area (Å²) in [6.45, 7) is 0. The van der Waals surface area contributed by atoms with Crippen LogP contribution in [0.15, 0.2) is 12.2 Å². The third-order valence-electron chi connectivity index (χ3n) is 2.51. The van der Waals surface area contributed by atoms with Gasteiger partial charge in [-0.2, -0.15) is 0 Å². The van der Waals surface area contributed by atoms with Gasteiger partial charge in [-0.25, -0.2) is 4.79 Å². The molecule has 2 rings (SSSR count). The smallest absolute Gasteiger partial charge is 0.322 e. The Kier molecular flexibility index (Phi) is 2.04. The first-order valence-corrected chi connectivity index (χ1v) is 4.54. The van der Waals surface area contributed by atoms with E-state index in [1.165, 1.54) is 0 Å². The molecule has 13 heavy (non-hydrogen) atoms. The van der Waals surface area contributed by atoms with Crippen molar-refractivity contribution in [3.05, 3.63) is 12.2 Å². The highest BCUT2D eigenvalue weighted by molar-refractivity contribution is 6.04. The lowest BCUT2D eigenvalue weighted by molar-refractivity contribution is -0.120. The molecular formula is C9H12N2O2. The molecule has 4 nitrogen and oxygen atoms in total. The molecule has 1 aliphatic carbocycles. The largest absolute Gasteiger partial charge is 0.326 e. The highest BCUT2D eigenvalue weighted by atomic mass is 16.2. The topological polar surface area (TPSA) is 58.2 Å². The van der Waals surface area contributed by atoms with Crippen molar-refractivity contribution in [2.75, 3.05) is 0 Å². The zero-order valence-electron chi connectivity index (χ0n) is 7.25. The Bertz CT molecular complexity index is 273. The van der Waals surface area contributed by atoms with Crippen LogP contribution in [0.1, 0.15) is 19.3 Å². The molecule has 0 aromatic heterocycles. The van der Waals surface area contributed by atoms with Gasteiger partial charge in [-0.3, -0.25) is 10.1 Å². The van der Waals surface area contributed by atoms with Crippen molar-refractivity contribution in [2.45, 2.75) is 25.3 Å². The number of hydrogen-bond donors (Lipinski definition) is 2. The van der Waals surface area contributed by atoms with E-state index in [9.17, 15) is 9.59 Å². The number of imide groups is 1. The van der Waals surface area contributed by atoms with Crippen LogP contribution in [0.5, 0.6) is 0 Å². The van der Waals surface area contributed by atoms with Crippen LogP contribution in [0.3, 0.4) is 0 Å². The lowest BCUT2D eigenvalue weighted by atomic mass is 10.00. The Morgan fingerprint density at radius 2 is 2.31 bits per heavy atom. The predicted octanol–water partition coefficient (Wildman–Crippen LogP) is 0.551. The second kappa shape index (κ2) is 3.20. The van der Waals surface area contributed by atoms with Crippen LogP contribution in [0, 0.1) is 5.92 Å². The van der Waals surface area contributed by atoms with E-state index >= 15 is 0 Å². The van der Waals surface area contributed by atoms with E-state index in [4.69, 9.17) is 0 Å². The first kappa shape index (κ1) is 8.29. The van der Waals surface area contributed by atoms with Crippen LogP contribution in [0.25, 0.3) is 0 Å². The van der Waals surface area contributed by atoms with Crippen LogP contribution < -0.4 is 10.6 Å². The second-order valence-electron chi connectivity index (χ2n) is 3.52. The van der Waals surface area contributed by atoms with E-state index in [1.54, 1.807) is 0 Å².